The van der Waals surface area contributed by atoms with E-state index >= 15 is 0 Å². The van der Waals surface area contributed by atoms with Gasteiger partial charge in [0.25, 0.3) is 5.69 Å². The highest BCUT2D eigenvalue weighted by molar-refractivity contribution is 7.80. The number of ether oxygens (including phenoxy) is 5. The van der Waals surface area contributed by atoms with Crippen molar-refractivity contribution < 1.29 is 38.2 Å². The Morgan fingerprint density at radius 2 is 2.00 bits per heavy atom. The molecule has 0 spiro atoms. The molecule has 2 atom stereocenters. The highest BCUT2D eigenvalue weighted by Gasteiger charge is 2.34. The van der Waals surface area contributed by atoms with E-state index in [1.807, 2.05) is 0 Å². The van der Waals surface area contributed by atoms with Crippen LogP contribution < -0.4 is 10.6 Å². The van der Waals surface area contributed by atoms with Crippen LogP contribution in [-0.2, 0) is 34.9 Å². The number of nitro benzene ring substituents is 1. The lowest BCUT2D eigenvalue weighted by Crippen LogP contribution is -2.52. The molecular formula is C22H27N3O9S. The fraction of sp³-hybridized carbons (Fsp3) is 0.500. The van der Waals surface area contributed by atoms with Crippen molar-refractivity contribution in [2.75, 3.05) is 26.4 Å². The van der Waals surface area contributed by atoms with Gasteiger partial charge in [0.1, 0.15) is 19.3 Å². The molecule has 12 nitrogen and oxygen atoms in total. The van der Waals surface area contributed by atoms with E-state index in [4.69, 9.17) is 35.9 Å². The summed E-state index contributed by atoms with van der Waals surface area (Å²) in [6.45, 7) is 5.18. The maximum Gasteiger partial charge on any atom is 0.508 e. The van der Waals surface area contributed by atoms with Crippen molar-refractivity contribution in [1.82, 2.24) is 10.6 Å². The van der Waals surface area contributed by atoms with E-state index in [9.17, 15) is 19.7 Å². The molecule has 1 aromatic rings. The second kappa shape index (κ2) is 11.4. The van der Waals surface area contributed by atoms with Crippen LogP contribution in [0.2, 0.25) is 0 Å². The zero-order chi connectivity index (χ0) is 25.6. The van der Waals surface area contributed by atoms with Crippen molar-refractivity contribution in [1.29, 1.82) is 0 Å². The van der Waals surface area contributed by atoms with Crippen molar-refractivity contribution in [2.24, 2.45) is 0 Å². The molecule has 190 valence electrons. The molecule has 1 fully saturated rings. The van der Waals surface area contributed by atoms with E-state index in [2.05, 4.69) is 10.6 Å². The van der Waals surface area contributed by atoms with Gasteiger partial charge in [0.05, 0.1) is 29.8 Å². The Morgan fingerprint density at radius 1 is 1.26 bits per heavy atom. The van der Waals surface area contributed by atoms with Crippen LogP contribution in [0.15, 0.2) is 35.5 Å². The molecular weight excluding hydrogens is 482 g/mol. The van der Waals surface area contributed by atoms with E-state index < -0.39 is 35.0 Å². The summed E-state index contributed by atoms with van der Waals surface area (Å²) in [4.78, 5) is 35.3. The average molecular weight is 510 g/mol. The van der Waals surface area contributed by atoms with Gasteiger partial charge in [0.15, 0.2) is 10.9 Å². The number of benzene rings is 1. The molecule has 1 aromatic carbocycles. The van der Waals surface area contributed by atoms with Crippen molar-refractivity contribution in [3.05, 3.63) is 51.2 Å². The molecule has 0 amide bonds. The molecule has 2 aliphatic heterocycles. The number of rotatable bonds is 9. The zero-order valence-corrected chi connectivity index (χ0v) is 20.3. The number of hydrogen-bond donors (Lipinski definition) is 2. The highest BCUT2D eigenvalue weighted by Crippen LogP contribution is 2.22. The van der Waals surface area contributed by atoms with Gasteiger partial charge in [0.2, 0.25) is 0 Å². The van der Waals surface area contributed by atoms with E-state index in [1.165, 1.54) is 12.1 Å². The van der Waals surface area contributed by atoms with Gasteiger partial charge in [-0.15, -0.1) is 0 Å². The number of nitrogens with zero attached hydrogens (tertiary/aromatic N) is 1. The molecule has 2 unspecified atom stereocenters. The normalized spacial score (nSPS) is 21.1. The van der Waals surface area contributed by atoms with Gasteiger partial charge in [0, 0.05) is 24.3 Å². The van der Waals surface area contributed by atoms with E-state index in [-0.39, 0.29) is 42.6 Å². The number of hydrogen-bond acceptors (Lipinski definition) is 10. The highest BCUT2D eigenvalue weighted by atomic mass is 32.1. The molecule has 0 aromatic heterocycles. The SMILES string of the molecule is CC1=C(C(=O)OCCc2cccc([N+](=O)[O-])c2)C(COC(=O)OCC2COC(C)(C)O2)NC(=S)N1. The van der Waals surface area contributed by atoms with Gasteiger partial charge in [-0.05, 0) is 38.6 Å². The summed E-state index contributed by atoms with van der Waals surface area (Å²) in [5, 5.41) is 16.9. The molecule has 0 saturated carbocycles. The molecule has 0 bridgehead atoms. The van der Waals surface area contributed by atoms with Crippen molar-refractivity contribution in [2.45, 2.75) is 45.1 Å². The second-order valence-corrected chi connectivity index (χ2v) is 8.73. The molecule has 1 saturated heterocycles. The van der Waals surface area contributed by atoms with Crippen molar-refractivity contribution in [3.8, 4) is 0 Å². The summed E-state index contributed by atoms with van der Waals surface area (Å²) >= 11 is 5.14. The van der Waals surface area contributed by atoms with Crippen LogP contribution in [0.4, 0.5) is 10.5 Å². The predicted molar refractivity (Wildman–Crippen MR) is 125 cm³/mol. The average Bonchev–Trinajstić information content (AvgIpc) is 3.14. The van der Waals surface area contributed by atoms with E-state index in [0.717, 1.165) is 0 Å². The summed E-state index contributed by atoms with van der Waals surface area (Å²) < 4.78 is 26.6. The first-order valence-corrected chi connectivity index (χ1v) is 11.2. The topological polar surface area (TPSA) is 147 Å². The minimum Gasteiger partial charge on any atom is -0.462 e. The molecule has 2 heterocycles. The third kappa shape index (κ3) is 7.60. The van der Waals surface area contributed by atoms with Gasteiger partial charge < -0.3 is 34.3 Å². The lowest BCUT2D eigenvalue weighted by atomic mass is 10.0. The predicted octanol–water partition coefficient (Wildman–Crippen LogP) is 2.11. The number of nitro groups is 1. The van der Waals surface area contributed by atoms with E-state index in [1.54, 1.807) is 32.9 Å². The Hall–Kier alpha value is -3.29. The van der Waals surface area contributed by atoms with Gasteiger partial charge in [-0.3, -0.25) is 10.1 Å². The molecule has 0 aliphatic carbocycles. The summed E-state index contributed by atoms with van der Waals surface area (Å²) in [7, 11) is 0. The molecule has 2 aliphatic rings. The lowest BCUT2D eigenvalue weighted by Gasteiger charge is -2.29. The Kier molecular flexibility index (Phi) is 8.59. The molecule has 2 N–H and O–H groups in total. The minimum atomic E-state index is -0.930. The molecule has 35 heavy (non-hydrogen) atoms. The Balaban J connectivity index is 1.51. The van der Waals surface area contributed by atoms with Crippen LogP contribution in [-0.4, -0.2) is 66.5 Å². The Labute approximate surface area is 207 Å². The van der Waals surface area contributed by atoms with Crippen LogP contribution >= 0.6 is 12.2 Å². The third-order valence-electron chi connectivity index (χ3n) is 5.15. The van der Waals surface area contributed by atoms with Gasteiger partial charge in [-0.25, -0.2) is 9.59 Å². The first-order valence-electron chi connectivity index (χ1n) is 10.8. The second-order valence-electron chi connectivity index (χ2n) is 8.33. The van der Waals surface area contributed by atoms with Gasteiger partial charge >= 0.3 is 12.1 Å². The molecule has 13 heteroatoms. The van der Waals surface area contributed by atoms with Crippen LogP contribution in [0.3, 0.4) is 0 Å². The Bertz CT molecular complexity index is 1030. The standard InChI is InChI=1S/C22H27N3O9S/c1-13-18(19(26)30-8-7-14-5-4-6-15(9-14)25(28)29)17(24-20(35)23-13)12-32-21(27)31-10-16-11-33-22(2,3)34-16/h4-6,9,16-17H,7-8,10-12H2,1-3H3,(H2,23,24,35). The fourth-order valence-corrected chi connectivity index (χ4v) is 3.85. The number of thiocarbonyl (C=S) groups is 1. The Morgan fingerprint density at radius 3 is 2.69 bits per heavy atom. The third-order valence-corrected chi connectivity index (χ3v) is 5.37. The number of carbonyl (C=O) groups is 2. The van der Waals surface area contributed by atoms with Crippen LogP contribution in [0.5, 0.6) is 0 Å². The smallest absolute Gasteiger partial charge is 0.462 e. The summed E-state index contributed by atoms with van der Waals surface area (Å²) in [5.41, 5.74) is 1.28. The number of esters is 1. The quantitative estimate of drug-likeness (QED) is 0.217. The maximum absolute atomic E-state index is 12.8. The molecule has 0 radical (unpaired) electrons. The number of carbonyl (C=O) groups excluding carboxylic acids is 2. The summed E-state index contributed by atoms with van der Waals surface area (Å²) in [5.74, 6) is -1.38. The number of allylic oxidation sites excluding steroid dienone is 1. The minimum absolute atomic E-state index is 0.00332. The fourth-order valence-electron chi connectivity index (χ4n) is 3.55. The maximum atomic E-state index is 12.8. The van der Waals surface area contributed by atoms with Gasteiger partial charge in [-0.2, -0.15) is 0 Å². The van der Waals surface area contributed by atoms with Crippen LogP contribution in [0.1, 0.15) is 26.3 Å². The number of nitrogens with one attached hydrogen (secondary N) is 2. The zero-order valence-electron chi connectivity index (χ0n) is 19.5. The summed E-state index contributed by atoms with van der Waals surface area (Å²) in [6.07, 6.45) is -1.04. The lowest BCUT2D eigenvalue weighted by molar-refractivity contribution is -0.384. The van der Waals surface area contributed by atoms with Gasteiger partial charge in [-0.1, -0.05) is 12.1 Å². The van der Waals surface area contributed by atoms with Crippen LogP contribution in [0.25, 0.3) is 0 Å². The summed E-state index contributed by atoms with van der Waals surface area (Å²) in [6, 6.07) is 5.33. The van der Waals surface area contributed by atoms with Crippen LogP contribution in [0, 0.1) is 10.1 Å². The number of non-ortho nitro benzene ring substituents is 1. The largest absolute Gasteiger partial charge is 0.508 e. The van der Waals surface area contributed by atoms with Crippen molar-refractivity contribution >= 4 is 35.1 Å². The first-order chi connectivity index (χ1) is 16.5. The molecule has 3 rings (SSSR count). The van der Waals surface area contributed by atoms with Crippen molar-refractivity contribution in [3.63, 3.8) is 0 Å². The van der Waals surface area contributed by atoms with E-state index in [0.29, 0.717) is 17.9 Å². The monoisotopic (exact) mass is 509 g/mol. The first kappa shape index (κ1) is 26.3.